The van der Waals surface area contributed by atoms with E-state index in [0.29, 0.717) is 0 Å². The van der Waals surface area contributed by atoms with Gasteiger partial charge >= 0.3 is 0 Å². The number of nitrogens with one attached hydrogen (secondary N) is 1. The number of carbonyl (C=O) groups is 1. The third kappa shape index (κ3) is 4.44. The van der Waals surface area contributed by atoms with Crippen molar-refractivity contribution in [1.29, 1.82) is 0 Å². The number of benzene rings is 1. The number of aryl methyl sites for hydroxylation is 1. The number of anilines is 1. The first-order valence-corrected chi connectivity index (χ1v) is 11.6. The van der Waals surface area contributed by atoms with Gasteiger partial charge in [0.15, 0.2) is 5.82 Å². The average Bonchev–Trinajstić information content (AvgIpc) is 3.09. The molecule has 3 heterocycles. The number of fused-ring (bicyclic) bond motifs is 1. The molecular weight excluding hydrogens is 416 g/mol. The minimum Gasteiger partial charge on any atom is -0.355 e. The molecule has 3 aromatic rings. The van der Waals surface area contributed by atoms with Crippen LogP contribution in [0.4, 0.5) is 5.82 Å². The number of thiophene rings is 1. The molecule has 1 N–H and O–H groups in total. The molecule has 7 heteroatoms. The molecule has 0 bridgehead atoms. The summed E-state index contributed by atoms with van der Waals surface area (Å²) < 4.78 is 1.09. The van der Waals surface area contributed by atoms with E-state index in [1.807, 2.05) is 39.0 Å². The van der Waals surface area contributed by atoms with Crippen LogP contribution < -0.4 is 10.2 Å². The topological polar surface area (TPSA) is 58.1 Å². The molecule has 1 saturated heterocycles. The highest BCUT2D eigenvalue weighted by Gasteiger charge is 2.31. The van der Waals surface area contributed by atoms with E-state index in [2.05, 4.69) is 37.7 Å². The number of piperidine rings is 1. The lowest BCUT2D eigenvalue weighted by molar-refractivity contribution is -0.130. The molecule has 30 heavy (non-hydrogen) atoms. The summed E-state index contributed by atoms with van der Waals surface area (Å²) in [4.78, 5) is 24.1. The maximum atomic E-state index is 13.0. The van der Waals surface area contributed by atoms with Crippen LogP contribution in [0.15, 0.2) is 35.7 Å². The molecule has 0 radical (unpaired) electrons. The Morgan fingerprint density at radius 3 is 2.63 bits per heavy atom. The Labute approximate surface area is 186 Å². The van der Waals surface area contributed by atoms with Crippen molar-refractivity contribution in [2.45, 2.75) is 46.1 Å². The van der Waals surface area contributed by atoms with E-state index >= 15 is 0 Å². The Bertz CT molecular complexity index is 1040. The Morgan fingerprint density at radius 2 is 1.93 bits per heavy atom. The Balaban J connectivity index is 1.39. The van der Waals surface area contributed by atoms with Gasteiger partial charge < -0.3 is 10.2 Å². The highest BCUT2D eigenvalue weighted by Crippen LogP contribution is 2.34. The lowest BCUT2D eigenvalue weighted by Crippen LogP contribution is -2.49. The maximum absolute atomic E-state index is 13.0. The van der Waals surface area contributed by atoms with Crippen LogP contribution in [0.5, 0.6) is 0 Å². The van der Waals surface area contributed by atoms with Crippen molar-refractivity contribution in [2.24, 2.45) is 5.41 Å². The van der Waals surface area contributed by atoms with Gasteiger partial charge in [-0.2, -0.15) is 4.98 Å². The van der Waals surface area contributed by atoms with E-state index in [0.717, 1.165) is 53.9 Å². The molecule has 5 nitrogen and oxygen atoms in total. The van der Waals surface area contributed by atoms with Crippen molar-refractivity contribution in [3.05, 3.63) is 52.1 Å². The summed E-state index contributed by atoms with van der Waals surface area (Å²) in [5.41, 5.74) is 2.80. The van der Waals surface area contributed by atoms with Gasteiger partial charge in [0.05, 0.1) is 10.2 Å². The van der Waals surface area contributed by atoms with Crippen LogP contribution in [0.1, 0.15) is 37.8 Å². The lowest BCUT2D eigenvalue weighted by Gasteiger charge is -2.35. The summed E-state index contributed by atoms with van der Waals surface area (Å²) in [7, 11) is 0. The molecule has 1 aromatic carbocycles. The summed E-state index contributed by atoms with van der Waals surface area (Å²) in [5.74, 6) is 1.03. The minimum absolute atomic E-state index is 0.117. The zero-order valence-electron chi connectivity index (χ0n) is 17.6. The number of nitrogens with zero attached hydrogens (tertiary/aromatic N) is 3. The predicted octanol–water partition coefficient (Wildman–Crippen LogP) is 5.01. The zero-order chi connectivity index (χ0) is 21.3. The van der Waals surface area contributed by atoms with Gasteiger partial charge in [-0.3, -0.25) is 4.79 Å². The van der Waals surface area contributed by atoms with Crippen molar-refractivity contribution < 1.29 is 4.79 Å². The number of amides is 1. The Morgan fingerprint density at radius 1 is 1.23 bits per heavy atom. The second kappa shape index (κ2) is 8.52. The quantitative estimate of drug-likeness (QED) is 0.564. The van der Waals surface area contributed by atoms with E-state index in [4.69, 9.17) is 11.6 Å². The van der Waals surface area contributed by atoms with Gasteiger partial charge in [0.2, 0.25) is 11.2 Å². The molecule has 1 aliphatic heterocycles. The van der Waals surface area contributed by atoms with E-state index < -0.39 is 5.41 Å². The van der Waals surface area contributed by atoms with E-state index in [9.17, 15) is 4.79 Å². The largest absolute Gasteiger partial charge is 0.355 e. The Kier molecular flexibility index (Phi) is 5.98. The van der Waals surface area contributed by atoms with E-state index in [-0.39, 0.29) is 17.2 Å². The van der Waals surface area contributed by atoms with Crippen LogP contribution >= 0.6 is 22.9 Å². The van der Waals surface area contributed by atoms with Crippen LogP contribution in [0.3, 0.4) is 0 Å². The molecule has 4 rings (SSSR count). The van der Waals surface area contributed by atoms with Gasteiger partial charge in [-0.15, -0.1) is 11.3 Å². The van der Waals surface area contributed by atoms with Gasteiger partial charge in [-0.1, -0.05) is 44.2 Å². The van der Waals surface area contributed by atoms with Gasteiger partial charge in [0, 0.05) is 24.5 Å². The standard InChI is InChI=1S/C23H27ClN4OS/c1-15-14-30-19-18(15)26-22(24)27-20(19)28-11-9-17(10-12-28)25-21(29)23(2,3)13-16-7-5-4-6-8-16/h4-8,14,17H,9-13H2,1-3H3,(H,25,29). The third-order valence-electron chi connectivity index (χ3n) is 5.78. The van der Waals surface area contributed by atoms with Crippen molar-refractivity contribution in [1.82, 2.24) is 15.3 Å². The number of hydrogen-bond acceptors (Lipinski definition) is 5. The first-order valence-electron chi connectivity index (χ1n) is 10.3. The lowest BCUT2D eigenvalue weighted by atomic mass is 9.84. The zero-order valence-corrected chi connectivity index (χ0v) is 19.2. The summed E-state index contributed by atoms with van der Waals surface area (Å²) in [6.07, 6.45) is 2.51. The molecule has 0 aliphatic carbocycles. The average molecular weight is 443 g/mol. The van der Waals surface area contributed by atoms with Gasteiger partial charge in [-0.05, 0) is 54.3 Å². The van der Waals surface area contributed by atoms with Crippen LogP contribution in [0.2, 0.25) is 5.28 Å². The van der Waals surface area contributed by atoms with Crippen molar-refractivity contribution in [3.8, 4) is 0 Å². The molecule has 1 fully saturated rings. The fourth-order valence-corrected chi connectivity index (χ4v) is 5.18. The van der Waals surface area contributed by atoms with Crippen molar-refractivity contribution >= 4 is 44.9 Å². The van der Waals surface area contributed by atoms with E-state index in [1.165, 1.54) is 5.56 Å². The van der Waals surface area contributed by atoms with Crippen LogP contribution in [0, 0.1) is 12.3 Å². The summed E-state index contributed by atoms with van der Waals surface area (Å²) in [6, 6.07) is 10.4. The summed E-state index contributed by atoms with van der Waals surface area (Å²) in [6.45, 7) is 7.75. The summed E-state index contributed by atoms with van der Waals surface area (Å²) in [5, 5.41) is 5.67. The molecule has 1 amide bonds. The Hall–Kier alpha value is -2.18. The van der Waals surface area contributed by atoms with Crippen LogP contribution in [-0.4, -0.2) is 35.0 Å². The van der Waals surface area contributed by atoms with Gasteiger partial charge in [0.1, 0.15) is 0 Å². The molecule has 0 atom stereocenters. The highest BCUT2D eigenvalue weighted by molar-refractivity contribution is 7.18. The molecule has 0 spiro atoms. The molecule has 158 valence electrons. The second-order valence-electron chi connectivity index (χ2n) is 8.69. The van der Waals surface area contributed by atoms with Crippen LogP contribution in [-0.2, 0) is 11.2 Å². The first kappa shape index (κ1) is 21.1. The van der Waals surface area contributed by atoms with Crippen LogP contribution in [0.25, 0.3) is 10.2 Å². The number of rotatable bonds is 5. The summed E-state index contributed by atoms with van der Waals surface area (Å²) >= 11 is 7.85. The maximum Gasteiger partial charge on any atom is 0.226 e. The molecule has 2 aromatic heterocycles. The van der Waals surface area contributed by atoms with Crippen molar-refractivity contribution in [3.63, 3.8) is 0 Å². The van der Waals surface area contributed by atoms with E-state index in [1.54, 1.807) is 11.3 Å². The fourth-order valence-electron chi connectivity index (χ4n) is 4.01. The SMILES string of the molecule is Cc1csc2c(N3CCC(NC(=O)C(C)(C)Cc4ccccc4)CC3)nc(Cl)nc12. The van der Waals surface area contributed by atoms with Gasteiger partial charge in [-0.25, -0.2) is 4.98 Å². The van der Waals surface area contributed by atoms with Gasteiger partial charge in [0.25, 0.3) is 0 Å². The molecule has 1 aliphatic rings. The molecule has 0 unspecified atom stereocenters. The smallest absolute Gasteiger partial charge is 0.226 e. The first-order chi connectivity index (χ1) is 14.3. The second-order valence-corrected chi connectivity index (χ2v) is 9.91. The normalized spacial score (nSPS) is 15.5. The fraction of sp³-hybridized carbons (Fsp3) is 0.435. The highest BCUT2D eigenvalue weighted by atomic mass is 35.5. The number of halogens is 1. The number of hydrogen-bond donors (Lipinski definition) is 1. The molecule has 0 saturated carbocycles. The third-order valence-corrected chi connectivity index (χ3v) is 7.03. The predicted molar refractivity (Wildman–Crippen MR) is 124 cm³/mol. The monoisotopic (exact) mass is 442 g/mol. The number of carbonyl (C=O) groups excluding carboxylic acids is 1. The minimum atomic E-state index is -0.445. The van der Waals surface area contributed by atoms with Crippen molar-refractivity contribution in [2.75, 3.05) is 18.0 Å². The number of aromatic nitrogens is 2. The molecular formula is C23H27ClN4OS.